The first kappa shape index (κ1) is 15.2. The molecule has 0 aliphatic carbocycles. The number of amides is 2. The standard InChI is InChI=1S/C16H15N3O3/c1-22-14-6-2-4-12(10-14)7-8-15(20)18-19-16(21)13-5-3-9-17-11-13/h2-11H,1H3,(H,18,20)(H,19,21)/b8-7+. The summed E-state index contributed by atoms with van der Waals surface area (Å²) in [6.07, 6.45) is 5.91. The molecule has 0 saturated heterocycles. The van der Waals surface area contributed by atoms with Crippen molar-refractivity contribution in [3.8, 4) is 5.75 Å². The van der Waals surface area contributed by atoms with Crippen LogP contribution in [0.3, 0.4) is 0 Å². The van der Waals surface area contributed by atoms with E-state index in [4.69, 9.17) is 4.74 Å². The minimum absolute atomic E-state index is 0.361. The van der Waals surface area contributed by atoms with Crippen molar-refractivity contribution >= 4 is 17.9 Å². The summed E-state index contributed by atoms with van der Waals surface area (Å²) < 4.78 is 5.09. The first-order valence-corrected chi connectivity index (χ1v) is 6.51. The van der Waals surface area contributed by atoms with E-state index in [2.05, 4.69) is 15.8 Å². The maximum atomic E-state index is 11.7. The minimum atomic E-state index is -0.444. The molecule has 0 radical (unpaired) electrons. The number of benzene rings is 1. The molecular weight excluding hydrogens is 282 g/mol. The van der Waals surface area contributed by atoms with Gasteiger partial charge in [-0.2, -0.15) is 0 Å². The zero-order valence-corrected chi connectivity index (χ0v) is 11.9. The normalized spacial score (nSPS) is 10.2. The van der Waals surface area contributed by atoms with Crippen molar-refractivity contribution in [1.29, 1.82) is 0 Å². The van der Waals surface area contributed by atoms with Crippen LogP contribution in [-0.4, -0.2) is 23.9 Å². The van der Waals surface area contributed by atoms with Gasteiger partial charge in [-0.1, -0.05) is 12.1 Å². The van der Waals surface area contributed by atoms with Gasteiger partial charge < -0.3 is 4.74 Å². The number of nitrogens with zero attached hydrogens (tertiary/aromatic N) is 1. The van der Waals surface area contributed by atoms with Gasteiger partial charge in [0.05, 0.1) is 12.7 Å². The first-order valence-electron chi connectivity index (χ1n) is 6.51. The number of carbonyl (C=O) groups excluding carboxylic acids is 2. The fourth-order valence-corrected chi connectivity index (χ4v) is 1.65. The van der Waals surface area contributed by atoms with Crippen LogP contribution in [0.2, 0.25) is 0 Å². The monoisotopic (exact) mass is 297 g/mol. The lowest BCUT2D eigenvalue weighted by molar-refractivity contribution is -0.117. The van der Waals surface area contributed by atoms with Gasteiger partial charge in [-0.05, 0) is 35.9 Å². The molecule has 2 rings (SSSR count). The molecule has 22 heavy (non-hydrogen) atoms. The van der Waals surface area contributed by atoms with Crippen LogP contribution in [0, 0.1) is 0 Å². The molecule has 1 aromatic carbocycles. The Bertz CT molecular complexity index is 684. The Morgan fingerprint density at radius 1 is 1.18 bits per heavy atom. The predicted molar refractivity (Wildman–Crippen MR) is 81.9 cm³/mol. The molecule has 0 atom stereocenters. The number of hydrogen-bond donors (Lipinski definition) is 2. The second-order valence-corrected chi connectivity index (χ2v) is 4.30. The highest BCUT2D eigenvalue weighted by molar-refractivity contribution is 5.97. The Labute approximate surface area is 127 Å². The van der Waals surface area contributed by atoms with Gasteiger partial charge in [0.1, 0.15) is 5.75 Å². The molecule has 112 valence electrons. The van der Waals surface area contributed by atoms with Crippen LogP contribution in [0.25, 0.3) is 6.08 Å². The van der Waals surface area contributed by atoms with Crippen LogP contribution in [-0.2, 0) is 4.79 Å². The third-order valence-electron chi connectivity index (χ3n) is 2.74. The van der Waals surface area contributed by atoms with Gasteiger partial charge in [-0.3, -0.25) is 25.4 Å². The molecule has 2 N–H and O–H groups in total. The summed E-state index contributed by atoms with van der Waals surface area (Å²) in [5, 5.41) is 0. The maximum absolute atomic E-state index is 11.7. The molecule has 0 bridgehead atoms. The van der Waals surface area contributed by atoms with Crippen LogP contribution >= 0.6 is 0 Å². The SMILES string of the molecule is COc1cccc(/C=C/C(=O)NNC(=O)c2cccnc2)c1. The minimum Gasteiger partial charge on any atom is -0.497 e. The predicted octanol–water partition coefficient (Wildman–Crippen LogP) is 1.56. The zero-order valence-electron chi connectivity index (χ0n) is 11.9. The van der Waals surface area contributed by atoms with E-state index in [1.165, 1.54) is 12.3 Å². The summed E-state index contributed by atoms with van der Waals surface area (Å²) in [7, 11) is 1.57. The Morgan fingerprint density at radius 2 is 2.05 bits per heavy atom. The second kappa shape index (κ2) is 7.58. The molecule has 1 heterocycles. The molecule has 1 aromatic heterocycles. The molecule has 6 nitrogen and oxygen atoms in total. The average Bonchev–Trinajstić information content (AvgIpc) is 2.58. The fourth-order valence-electron chi connectivity index (χ4n) is 1.65. The number of nitrogens with one attached hydrogen (secondary N) is 2. The van der Waals surface area contributed by atoms with Crippen molar-refractivity contribution in [3.63, 3.8) is 0 Å². The Hall–Kier alpha value is -3.15. The smallest absolute Gasteiger partial charge is 0.271 e. The molecule has 0 fully saturated rings. The quantitative estimate of drug-likeness (QED) is 0.663. The largest absolute Gasteiger partial charge is 0.497 e. The number of hydrogen-bond acceptors (Lipinski definition) is 4. The van der Waals surface area contributed by atoms with Crippen molar-refractivity contribution < 1.29 is 14.3 Å². The Kier molecular flexibility index (Phi) is 5.25. The van der Waals surface area contributed by atoms with E-state index in [0.717, 1.165) is 5.56 Å². The summed E-state index contributed by atoms with van der Waals surface area (Å²) in [6.45, 7) is 0. The molecule has 6 heteroatoms. The third-order valence-corrected chi connectivity index (χ3v) is 2.74. The number of methoxy groups -OCH3 is 1. The van der Waals surface area contributed by atoms with E-state index in [0.29, 0.717) is 11.3 Å². The van der Waals surface area contributed by atoms with Crippen molar-refractivity contribution in [1.82, 2.24) is 15.8 Å². The highest BCUT2D eigenvalue weighted by Crippen LogP contribution is 2.13. The summed E-state index contributed by atoms with van der Waals surface area (Å²) >= 11 is 0. The van der Waals surface area contributed by atoms with E-state index in [1.807, 2.05) is 18.2 Å². The average molecular weight is 297 g/mol. The Balaban J connectivity index is 1.87. The molecular formula is C16H15N3O3. The number of aromatic nitrogens is 1. The molecule has 0 spiro atoms. The first-order chi connectivity index (χ1) is 10.7. The number of rotatable bonds is 4. The van der Waals surface area contributed by atoms with Crippen molar-refractivity contribution in [2.75, 3.05) is 7.11 Å². The van der Waals surface area contributed by atoms with Crippen molar-refractivity contribution in [2.24, 2.45) is 0 Å². The lowest BCUT2D eigenvalue weighted by Crippen LogP contribution is -2.40. The van der Waals surface area contributed by atoms with Gasteiger partial charge in [-0.25, -0.2) is 0 Å². The van der Waals surface area contributed by atoms with Crippen LogP contribution in [0.4, 0.5) is 0 Å². The van der Waals surface area contributed by atoms with Crippen LogP contribution in [0.15, 0.2) is 54.9 Å². The number of pyridine rings is 1. The van der Waals surface area contributed by atoms with Crippen LogP contribution < -0.4 is 15.6 Å². The summed E-state index contributed by atoms with van der Waals surface area (Å²) in [5.41, 5.74) is 5.77. The van der Waals surface area contributed by atoms with E-state index < -0.39 is 11.8 Å². The molecule has 0 unspecified atom stereocenters. The van der Waals surface area contributed by atoms with Gasteiger partial charge in [-0.15, -0.1) is 0 Å². The molecule has 0 aliphatic rings. The summed E-state index contributed by atoms with van der Waals surface area (Å²) in [5.74, 6) is -0.177. The number of hydrazine groups is 1. The fraction of sp³-hybridized carbons (Fsp3) is 0.0625. The topological polar surface area (TPSA) is 80.3 Å². The van der Waals surface area contributed by atoms with E-state index >= 15 is 0 Å². The van der Waals surface area contributed by atoms with E-state index in [9.17, 15) is 9.59 Å². The highest BCUT2D eigenvalue weighted by atomic mass is 16.5. The molecule has 0 saturated carbocycles. The second-order valence-electron chi connectivity index (χ2n) is 4.30. The Morgan fingerprint density at radius 3 is 2.77 bits per heavy atom. The highest BCUT2D eigenvalue weighted by Gasteiger charge is 2.05. The third kappa shape index (κ3) is 4.45. The van der Waals surface area contributed by atoms with Crippen LogP contribution in [0.1, 0.15) is 15.9 Å². The van der Waals surface area contributed by atoms with E-state index in [1.54, 1.807) is 37.6 Å². The maximum Gasteiger partial charge on any atom is 0.271 e. The van der Waals surface area contributed by atoms with Gasteiger partial charge in [0.15, 0.2) is 0 Å². The molecule has 2 amide bonds. The molecule has 0 aliphatic heterocycles. The van der Waals surface area contributed by atoms with Crippen molar-refractivity contribution in [3.05, 3.63) is 66.0 Å². The zero-order chi connectivity index (χ0) is 15.8. The van der Waals surface area contributed by atoms with Gasteiger partial charge in [0, 0.05) is 18.5 Å². The number of carbonyl (C=O) groups is 2. The van der Waals surface area contributed by atoms with Crippen molar-refractivity contribution in [2.45, 2.75) is 0 Å². The summed E-state index contributed by atoms with van der Waals surface area (Å²) in [6, 6.07) is 10.5. The van der Waals surface area contributed by atoms with Crippen LogP contribution in [0.5, 0.6) is 5.75 Å². The lowest BCUT2D eigenvalue weighted by atomic mass is 10.2. The van der Waals surface area contributed by atoms with Gasteiger partial charge in [0.2, 0.25) is 0 Å². The molecule has 2 aromatic rings. The lowest BCUT2D eigenvalue weighted by Gasteiger charge is -2.04. The number of ether oxygens (including phenoxy) is 1. The van der Waals surface area contributed by atoms with E-state index in [-0.39, 0.29) is 0 Å². The van der Waals surface area contributed by atoms with Gasteiger partial charge >= 0.3 is 0 Å². The van der Waals surface area contributed by atoms with Gasteiger partial charge in [0.25, 0.3) is 11.8 Å². The summed E-state index contributed by atoms with van der Waals surface area (Å²) in [4.78, 5) is 27.2.